The lowest BCUT2D eigenvalue weighted by molar-refractivity contribution is 0.122. The standard InChI is InChI=1S/C22H28N4O2/c1-18-6-2-3-7-19(18)23-22(27)26-12-10-24(11-13-26)20-8-4-5-9-21(20)25-14-16-28-17-15-25/h2-9H,10-17H2,1H3,(H,23,27). The lowest BCUT2D eigenvalue weighted by atomic mass is 10.2. The van der Waals surface area contributed by atoms with Gasteiger partial charge in [-0.2, -0.15) is 0 Å². The van der Waals surface area contributed by atoms with Crippen LogP contribution in [0.2, 0.25) is 0 Å². The number of para-hydroxylation sites is 3. The summed E-state index contributed by atoms with van der Waals surface area (Å²) in [5, 5.41) is 3.04. The summed E-state index contributed by atoms with van der Waals surface area (Å²) in [7, 11) is 0. The van der Waals surface area contributed by atoms with Crippen LogP contribution < -0.4 is 15.1 Å². The molecule has 148 valence electrons. The number of carbonyl (C=O) groups is 1. The zero-order valence-electron chi connectivity index (χ0n) is 16.4. The zero-order chi connectivity index (χ0) is 19.3. The van der Waals surface area contributed by atoms with Gasteiger partial charge < -0.3 is 24.8 Å². The molecule has 1 N–H and O–H groups in total. The van der Waals surface area contributed by atoms with E-state index in [0.29, 0.717) is 0 Å². The van der Waals surface area contributed by atoms with E-state index in [4.69, 9.17) is 4.74 Å². The minimum atomic E-state index is -0.0181. The van der Waals surface area contributed by atoms with Crippen LogP contribution in [0.5, 0.6) is 0 Å². The Hall–Kier alpha value is -2.73. The molecule has 2 heterocycles. The van der Waals surface area contributed by atoms with Crippen molar-refractivity contribution in [3.63, 3.8) is 0 Å². The number of piperazine rings is 1. The molecule has 2 amide bonds. The average molecular weight is 380 g/mol. The Balaban J connectivity index is 1.39. The number of nitrogens with zero attached hydrogens (tertiary/aromatic N) is 3. The quantitative estimate of drug-likeness (QED) is 0.889. The Morgan fingerprint density at radius 1 is 0.821 bits per heavy atom. The molecular weight excluding hydrogens is 352 g/mol. The summed E-state index contributed by atoms with van der Waals surface area (Å²) < 4.78 is 5.50. The van der Waals surface area contributed by atoms with Gasteiger partial charge in [-0.25, -0.2) is 4.79 Å². The summed E-state index contributed by atoms with van der Waals surface area (Å²) >= 11 is 0. The lowest BCUT2D eigenvalue weighted by Crippen LogP contribution is -2.50. The monoisotopic (exact) mass is 380 g/mol. The van der Waals surface area contributed by atoms with Crippen molar-refractivity contribution < 1.29 is 9.53 Å². The molecule has 0 aliphatic carbocycles. The largest absolute Gasteiger partial charge is 0.378 e. The molecule has 0 atom stereocenters. The number of aryl methyl sites for hydroxylation is 1. The third kappa shape index (κ3) is 4.07. The molecule has 2 aromatic carbocycles. The van der Waals surface area contributed by atoms with Gasteiger partial charge in [0, 0.05) is 45.0 Å². The van der Waals surface area contributed by atoms with Gasteiger partial charge in [0.15, 0.2) is 0 Å². The van der Waals surface area contributed by atoms with E-state index in [1.54, 1.807) is 0 Å². The van der Waals surface area contributed by atoms with Crippen LogP contribution in [0, 0.1) is 6.92 Å². The van der Waals surface area contributed by atoms with Crippen LogP contribution in [0.4, 0.5) is 21.9 Å². The molecule has 0 radical (unpaired) electrons. The average Bonchev–Trinajstić information content (AvgIpc) is 2.76. The van der Waals surface area contributed by atoms with Crippen LogP contribution in [0.1, 0.15) is 5.56 Å². The number of carbonyl (C=O) groups excluding carboxylic acids is 1. The van der Waals surface area contributed by atoms with E-state index in [1.165, 1.54) is 11.4 Å². The first-order valence-electron chi connectivity index (χ1n) is 10.0. The van der Waals surface area contributed by atoms with Gasteiger partial charge in [-0.05, 0) is 30.7 Å². The maximum Gasteiger partial charge on any atom is 0.321 e. The minimum Gasteiger partial charge on any atom is -0.378 e. The predicted molar refractivity (Wildman–Crippen MR) is 113 cm³/mol. The van der Waals surface area contributed by atoms with E-state index in [9.17, 15) is 4.79 Å². The normalized spacial score (nSPS) is 17.5. The number of rotatable bonds is 3. The fourth-order valence-corrected chi connectivity index (χ4v) is 3.86. The number of amides is 2. The lowest BCUT2D eigenvalue weighted by Gasteiger charge is -2.39. The molecule has 4 rings (SSSR count). The van der Waals surface area contributed by atoms with E-state index in [0.717, 1.165) is 63.7 Å². The third-order valence-corrected chi connectivity index (χ3v) is 5.53. The molecule has 2 aliphatic heterocycles. The van der Waals surface area contributed by atoms with Crippen LogP contribution in [-0.2, 0) is 4.74 Å². The first-order valence-corrected chi connectivity index (χ1v) is 10.0. The zero-order valence-corrected chi connectivity index (χ0v) is 16.4. The van der Waals surface area contributed by atoms with Gasteiger partial charge in [-0.15, -0.1) is 0 Å². The highest BCUT2D eigenvalue weighted by atomic mass is 16.5. The smallest absolute Gasteiger partial charge is 0.321 e. The predicted octanol–water partition coefficient (Wildman–Crippen LogP) is 3.19. The fraction of sp³-hybridized carbons (Fsp3) is 0.409. The van der Waals surface area contributed by atoms with Crippen molar-refractivity contribution in [2.24, 2.45) is 0 Å². The Bertz CT molecular complexity index is 812. The number of morpholine rings is 1. The summed E-state index contributed by atoms with van der Waals surface area (Å²) in [5.74, 6) is 0. The number of urea groups is 1. The van der Waals surface area contributed by atoms with Crippen molar-refractivity contribution >= 4 is 23.1 Å². The highest BCUT2D eigenvalue weighted by molar-refractivity contribution is 5.90. The van der Waals surface area contributed by atoms with Crippen molar-refractivity contribution in [3.8, 4) is 0 Å². The van der Waals surface area contributed by atoms with Crippen molar-refractivity contribution in [3.05, 3.63) is 54.1 Å². The Morgan fingerprint density at radius 3 is 2.04 bits per heavy atom. The van der Waals surface area contributed by atoms with Gasteiger partial charge in [0.05, 0.1) is 24.6 Å². The summed E-state index contributed by atoms with van der Waals surface area (Å²) in [5.41, 5.74) is 4.48. The van der Waals surface area contributed by atoms with Crippen LogP contribution in [0.25, 0.3) is 0 Å². The van der Waals surface area contributed by atoms with E-state index >= 15 is 0 Å². The second-order valence-corrected chi connectivity index (χ2v) is 7.31. The number of benzene rings is 2. The van der Waals surface area contributed by atoms with Gasteiger partial charge in [-0.3, -0.25) is 0 Å². The molecule has 0 bridgehead atoms. The Morgan fingerprint density at radius 2 is 1.39 bits per heavy atom. The Kier molecular flexibility index (Phi) is 5.67. The van der Waals surface area contributed by atoms with E-state index in [-0.39, 0.29) is 6.03 Å². The molecule has 0 saturated carbocycles. The molecule has 6 nitrogen and oxygen atoms in total. The molecule has 6 heteroatoms. The maximum atomic E-state index is 12.7. The molecule has 0 unspecified atom stereocenters. The number of nitrogens with one attached hydrogen (secondary N) is 1. The SMILES string of the molecule is Cc1ccccc1NC(=O)N1CCN(c2ccccc2N2CCOCC2)CC1. The number of hydrogen-bond donors (Lipinski definition) is 1. The van der Waals surface area contributed by atoms with E-state index in [2.05, 4.69) is 39.4 Å². The van der Waals surface area contributed by atoms with Crippen molar-refractivity contribution in [1.82, 2.24) is 4.90 Å². The van der Waals surface area contributed by atoms with Crippen LogP contribution in [-0.4, -0.2) is 63.4 Å². The molecular formula is C22H28N4O2. The van der Waals surface area contributed by atoms with Crippen LogP contribution in [0.3, 0.4) is 0 Å². The van der Waals surface area contributed by atoms with Crippen LogP contribution >= 0.6 is 0 Å². The maximum absolute atomic E-state index is 12.7. The van der Waals surface area contributed by atoms with Gasteiger partial charge >= 0.3 is 6.03 Å². The molecule has 28 heavy (non-hydrogen) atoms. The number of ether oxygens (including phenoxy) is 1. The van der Waals surface area contributed by atoms with E-state index < -0.39 is 0 Å². The minimum absolute atomic E-state index is 0.0181. The summed E-state index contributed by atoms with van der Waals surface area (Å²) in [6.45, 7) is 8.53. The van der Waals surface area contributed by atoms with Crippen molar-refractivity contribution in [2.75, 3.05) is 67.6 Å². The summed E-state index contributed by atoms with van der Waals surface area (Å²) in [6, 6.07) is 16.4. The fourth-order valence-electron chi connectivity index (χ4n) is 3.86. The second-order valence-electron chi connectivity index (χ2n) is 7.31. The number of hydrogen-bond acceptors (Lipinski definition) is 4. The first kappa shape index (κ1) is 18.6. The highest BCUT2D eigenvalue weighted by Gasteiger charge is 2.24. The third-order valence-electron chi connectivity index (χ3n) is 5.53. The number of anilines is 3. The molecule has 2 fully saturated rings. The van der Waals surface area contributed by atoms with E-state index in [1.807, 2.05) is 36.1 Å². The molecule has 0 aromatic heterocycles. The topological polar surface area (TPSA) is 48.1 Å². The van der Waals surface area contributed by atoms with Gasteiger partial charge in [0.25, 0.3) is 0 Å². The molecule has 2 aromatic rings. The van der Waals surface area contributed by atoms with Gasteiger partial charge in [-0.1, -0.05) is 30.3 Å². The van der Waals surface area contributed by atoms with Gasteiger partial charge in [0.2, 0.25) is 0 Å². The molecule has 2 aliphatic rings. The van der Waals surface area contributed by atoms with Crippen molar-refractivity contribution in [1.29, 1.82) is 0 Å². The first-order chi connectivity index (χ1) is 13.7. The summed E-state index contributed by atoms with van der Waals surface area (Å²) in [6.07, 6.45) is 0. The summed E-state index contributed by atoms with van der Waals surface area (Å²) in [4.78, 5) is 19.3. The molecule has 0 spiro atoms. The highest BCUT2D eigenvalue weighted by Crippen LogP contribution is 2.30. The second kappa shape index (κ2) is 8.52. The van der Waals surface area contributed by atoms with Crippen LogP contribution in [0.15, 0.2) is 48.5 Å². The van der Waals surface area contributed by atoms with Crippen molar-refractivity contribution in [2.45, 2.75) is 6.92 Å². The van der Waals surface area contributed by atoms with Gasteiger partial charge in [0.1, 0.15) is 0 Å². The Labute approximate surface area is 166 Å². The molecule has 2 saturated heterocycles.